The van der Waals surface area contributed by atoms with Crippen LogP contribution in [0.5, 0.6) is 11.5 Å². The van der Waals surface area contributed by atoms with Crippen LogP contribution in [0.15, 0.2) is 30.3 Å². The van der Waals surface area contributed by atoms with Crippen molar-refractivity contribution in [1.82, 2.24) is 10.8 Å². The lowest BCUT2D eigenvalue weighted by atomic mass is 9.82. The fourth-order valence-corrected chi connectivity index (χ4v) is 2.86. The first kappa shape index (κ1) is 18.1. The van der Waals surface area contributed by atoms with Crippen LogP contribution in [0, 0.1) is 0 Å². The maximum atomic E-state index is 12.7. The van der Waals surface area contributed by atoms with E-state index in [0.29, 0.717) is 0 Å². The number of hydrogen-bond acceptors (Lipinski definition) is 7. The predicted molar refractivity (Wildman–Crippen MR) is 89.9 cm³/mol. The summed E-state index contributed by atoms with van der Waals surface area (Å²) in [6.45, 7) is 1.31. The van der Waals surface area contributed by atoms with Gasteiger partial charge in [-0.05, 0) is 25.1 Å². The number of hydrogen-bond donors (Lipinski definition) is 5. The summed E-state index contributed by atoms with van der Waals surface area (Å²) < 4.78 is 0. The number of nitrogens with one attached hydrogen (secondary N) is 2. The van der Waals surface area contributed by atoms with Crippen LogP contribution >= 0.6 is 0 Å². The van der Waals surface area contributed by atoms with Gasteiger partial charge in [-0.3, -0.25) is 24.4 Å². The number of carbonyl (C=O) groups is 4. The number of benzene rings is 2. The van der Waals surface area contributed by atoms with Crippen LogP contribution < -0.4 is 10.8 Å². The summed E-state index contributed by atoms with van der Waals surface area (Å²) in [4.78, 5) is 48.9. The van der Waals surface area contributed by atoms with Crippen LogP contribution in [0.2, 0.25) is 0 Å². The first-order chi connectivity index (χ1) is 12.8. The zero-order valence-corrected chi connectivity index (χ0v) is 13.9. The van der Waals surface area contributed by atoms with E-state index in [1.165, 1.54) is 30.6 Å². The lowest BCUT2D eigenvalue weighted by Crippen LogP contribution is -2.43. The molecule has 1 aliphatic rings. The highest BCUT2D eigenvalue weighted by atomic mass is 16.5. The van der Waals surface area contributed by atoms with Crippen molar-refractivity contribution >= 4 is 23.4 Å². The molecule has 138 valence electrons. The van der Waals surface area contributed by atoms with Gasteiger partial charge in [0.2, 0.25) is 5.78 Å². The second-order valence-corrected chi connectivity index (χ2v) is 5.95. The number of phenols is 2. The third-order valence-electron chi connectivity index (χ3n) is 4.22. The Kier molecular flexibility index (Phi) is 4.38. The van der Waals surface area contributed by atoms with E-state index >= 15 is 0 Å². The molecule has 0 aromatic heterocycles. The van der Waals surface area contributed by atoms with Crippen molar-refractivity contribution in [1.29, 1.82) is 0 Å². The Morgan fingerprint density at radius 2 is 1.63 bits per heavy atom. The van der Waals surface area contributed by atoms with Crippen molar-refractivity contribution < 1.29 is 34.6 Å². The molecular formula is C18H14N2O7. The van der Waals surface area contributed by atoms with Crippen LogP contribution in [-0.2, 0) is 4.79 Å². The predicted octanol–water partition coefficient (Wildman–Crippen LogP) is 0.497. The highest BCUT2D eigenvalue weighted by Gasteiger charge is 2.35. The van der Waals surface area contributed by atoms with E-state index < -0.39 is 35.2 Å². The first-order valence-corrected chi connectivity index (χ1v) is 7.79. The maximum absolute atomic E-state index is 12.7. The molecule has 2 aromatic rings. The number of amides is 2. The number of carbonyl (C=O) groups excluding carboxylic acids is 4. The quantitative estimate of drug-likeness (QED) is 0.332. The van der Waals surface area contributed by atoms with Crippen molar-refractivity contribution in [2.75, 3.05) is 0 Å². The van der Waals surface area contributed by atoms with Crippen LogP contribution in [0.4, 0.5) is 0 Å². The molecule has 27 heavy (non-hydrogen) atoms. The molecule has 5 N–H and O–H groups in total. The van der Waals surface area contributed by atoms with Crippen molar-refractivity contribution in [3.63, 3.8) is 0 Å². The zero-order chi connectivity index (χ0) is 19.9. The Bertz CT molecular complexity index is 1010. The molecule has 9 nitrogen and oxygen atoms in total. The maximum Gasteiger partial charge on any atom is 0.265 e. The van der Waals surface area contributed by atoms with Gasteiger partial charge in [-0.25, -0.2) is 5.48 Å². The Balaban J connectivity index is 2.05. The van der Waals surface area contributed by atoms with Gasteiger partial charge in [-0.15, -0.1) is 0 Å². The summed E-state index contributed by atoms with van der Waals surface area (Å²) in [6, 6.07) is 5.03. The number of phenolic OH excluding ortho intramolecular Hbond substituents is 2. The molecule has 0 spiro atoms. The zero-order valence-electron chi connectivity index (χ0n) is 13.9. The summed E-state index contributed by atoms with van der Waals surface area (Å²) in [7, 11) is 0. The van der Waals surface area contributed by atoms with Gasteiger partial charge in [0.05, 0.1) is 11.1 Å². The normalized spacial score (nSPS) is 13.4. The van der Waals surface area contributed by atoms with Gasteiger partial charge in [0, 0.05) is 16.7 Å². The first-order valence-electron chi connectivity index (χ1n) is 7.79. The number of rotatable bonds is 3. The minimum atomic E-state index is -1.09. The van der Waals surface area contributed by atoms with E-state index in [9.17, 15) is 29.4 Å². The van der Waals surface area contributed by atoms with Gasteiger partial charge in [0.1, 0.15) is 17.5 Å². The SMILES string of the molecule is CC(NC(=O)c1cc(O)c2c(c1)C(=O)c1cccc(O)c1C2=O)C(=O)NO. The summed E-state index contributed by atoms with van der Waals surface area (Å²) >= 11 is 0. The number of aromatic hydroxyl groups is 2. The summed E-state index contributed by atoms with van der Waals surface area (Å²) in [5.74, 6) is -4.03. The lowest BCUT2D eigenvalue weighted by Gasteiger charge is -2.20. The number of fused-ring (bicyclic) bond motifs is 2. The Labute approximate surface area is 152 Å². The van der Waals surface area contributed by atoms with Crippen LogP contribution in [0.3, 0.4) is 0 Å². The highest BCUT2D eigenvalue weighted by Crippen LogP contribution is 2.37. The minimum Gasteiger partial charge on any atom is -0.507 e. The monoisotopic (exact) mass is 370 g/mol. The lowest BCUT2D eigenvalue weighted by molar-refractivity contribution is -0.130. The van der Waals surface area contributed by atoms with E-state index in [1.54, 1.807) is 0 Å². The Morgan fingerprint density at radius 3 is 2.30 bits per heavy atom. The molecule has 2 aromatic carbocycles. The molecule has 0 bridgehead atoms. The molecule has 0 heterocycles. The number of hydroxylamine groups is 1. The van der Waals surface area contributed by atoms with E-state index in [1.807, 2.05) is 0 Å². The summed E-state index contributed by atoms with van der Waals surface area (Å²) in [5, 5.41) is 31.0. The number of ketones is 2. The van der Waals surface area contributed by atoms with Crippen molar-refractivity contribution in [3.8, 4) is 11.5 Å². The standard InChI is InChI=1S/C18H14N2O7/c1-7(17(25)20-27)19-18(26)8-5-10-14(12(22)6-8)16(24)13-9(15(10)23)3-2-4-11(13)21/h2-7,21-22,27H,1H3,(H,19,26)(H,20,25). The fraction of sp³-hybridized carbons (Fsp3) is 0.111. The minimum absolute atomic E-state index is 0.0440. The largest absolute Gasteiger partial charge is 0.507 e. The molecule has 0 saturated heterocycles. The van der Waals surface area contributed by atoms with Gasteiger partial charge in [-0.2, -0.15) is 0 Å². The molecule has 0 fully saturated rings. The van der Waals surface area contributed by atoms with Gasteiger partial charge in [-0.1, -0.05) is 12.1 Å². The second kappa shape index (κ2) is 6.54. The topological polar surface area (TPSA) is 153 Å². The van der Waals surface area contributed by atoms with E-state index in [-0.39, 0.29) is 33.6 Å². The fourth-order valence-electron chi connectivity index (χ4n) is 2.86. The van der Waals surface area contributed by atoms with Crippen molar-refractivity contribution in [2.45, 2.75) is 13.0 Å². The van der Waals surface area contributed by atoms with Crippen molar-refractivity contribution in [3.05, 3.63) is 58.1 Å². The molecule has 1 unspecified atom stereocenters. The van der Waals surface area contributed by atoms with Crippen LogP contribution in [-0.4, -0.2) is 44.8 Å². The third kappa shape index (κ3) is 2.89. The smallest absolute Gasteiger partial charge is 0.265 e. The van der Waals surface area contributed by atoms with Gasteiger partial charge in [0.25, 0.3) is 11.8 Å². The van der Waals surface area contributed by atoms with Gasteiger partial charge >= 0.3 is 0 Å². The van der Waals surface area contributed by atoms with E-state index in [0.717, 1.165) is 12.1 Å². The third-order valence-corrected chi connectivity index (χ3v) is 4.22. The highest BCUT2D eigenvalue weighted by molar-refractivity contribution is 6.30. The molecule has 0 saturated carbocycles. The summed E-state index contributed by atoms with van der Waals surface area (Å²) in [6.07, 6.45) is 0. The van der Waals surface area contributed by atoms with Gasteiger partial charge in [0.15, 0.2) is 5.78 Å². The van der Waals surface area contributed by atoms with Crippen LogP contribution in [0.25, 0.3) is 0 Å². The molecule has 1 atom stereocenters. The molecular weight excluding hydrogens is 356 g/mol. The second-order valence-electron chi connectivity index (χ2n) is 5.95. The Hall–Kier alpha value is -3.72. The molecule has 0 radical (unpaired) electrons. The molecule has 0 aliphatic heterocycles. The van der Waals surface area contributed by atoms with E-state index in [2.05, 4.69) is 5.32 Å². The molecule has 1 aliphatic carbocycles. The van der Waals surface area contributed by atoms with Crippen LogP contribution in [0.1, 0.15) is 49.1 Å². The molecule has 2 amide bonds. The average Bonchev–Trinajstić information content (AvgIpc) is 2.64. The summed E-state index contributed by atoms with van der Waals surface area (Å²) in [5.41, 5.74) is 0.466. The Morgan fingerprint density at radius 1 is 0.963 bits per heavy atom. The van der Waals surface area contributed by atoms with Crippen molar-refractivity contribution in [2.24, 2.45) is 0 Å². The average molecular weight is 370 g/mol. The van der Waals surface area contributed by atoms with Gasteiger partial charge < -0.3 is 15.5 Å². The molecule has 9 heteroatoms. The molecule has 3 rings (SSSR count). The van der Waals surface area contributed by atoms with E-state index in [4.69, 9.17) is 5.21 Å².